The van der Waals surface area contributed by atoms with Gasteiger partial charge in [-0.3, -0.25) is 38.4 Å². The van der Waals surface area contributed by atoms with Gasteiger partial charge in [-0.1, -0.05) is 12.2 Å². The molecule has 3 aliphatic heterocycles. The predicted octanol–water partition coefficient (Wildman–Crippen LogP) is 4.96. The van der Waals surface area contributed by atoms with E-state index in [-0.39, 0.29) is 47.3 Å². The number of hydrogen-bond acceptors (Lipinski definition) is 9. The average molecular weight is 940 g/mol. The highest BCUT2D eigenvalue weighted by Gasteiger charge is 2.15. The average Bonchev–Trinajstić information content (AvgIpc) is 3.81. The molecule has 66 heavy (non-hydrogen) atoms. The lowest BCUT2D eigenvalue weighted by molar-refractivity contribution is -0.131. The first-order valence-electron chi connectivity index (χ1n) is 23.4. The molecular weight excluding hydrogens is 843 g/mol. The molecule has 8 amide bonds. The molecule has 17 nitrogen and oxygen atoms in total. The van der Waals surface area contributed by atoms with Gasteiger partial charge in [0.15, 0.2) is 0 Å². The van der Waals surface area contributed by atoms with Crippen molar-refractivity contribution in [1.29, 1.82) is 0 Å². The zero-order valence-corrected chi connectivity index (χ0v) is 45.2. The molecule has 0 spiro atoms. The fourth-order valence-electron chi connectivity index (χ4n) is 5.26. The second-order valence-electron chi connectivity index (χ2n) is 16.5. The van der Waals surface area contributed by atoms with Crippen molar-refractivity contribution in [3.05, 3.63) is 25.3 Å². The molecule has 3 saturated heterocycles. The highest BCUT2D eigenvalue weighted by molar-refractivity contribution is 5.75. The highest BCUT2D eigenvalue weighted by atomic mass is 16.2. The number of likely N-dealkylation sites (tertiary alicyclic amines) is 2. The number of carbonyl (C=O) groups is 8. The molecule has 0 unspecified atom stereocenters. The smallest absolute Gasteiger partial charge is 0.220 e. The van der Waals surface area contributed by atoms with E-state index >= 15 is 0 Å². The third-order valence-electron chi connectivity index (χ3n) is 10.6. The van der Waals surface area contributed by atoms with Crippen molar-refractivity contribution in [1.82, 2.24) is 44.1 Å². The molecule has 0 radical (unpaired) electrons. The van der Waals surface area contributed by atoms with Gasteiger partial charge in [-0.05, 0) is 73.8 Å². The van der Waals surface area contributed by atoms with Crippen LogP contribution in [0.2, 0.25) is 0 Å². The fraction of sp³-hybridized carbons (Fsp3) is 0.755. The number of amides is 8. The van der Waals surface area contributed by atoms with Gasteiger partial charge in [-0.25, -0.2) is 0 Å². The molecule has 0 aromatic heterocycles. The summed E-state index contributed by atoms with van der Waals surface area (Å²) in [5.74, 6) is 1.22. The van der Waals surface area contributed by atoms with Crippen LogP contribution in [0.1, 0.15) is 122 Å². The zero-order valence-electron chi connectivity index (χ0n) is 45.2. The molecule has 3 fully saturated rings. The number of nitrogens with zero attached hydrogens (tertiary/aromatic N) is 9. The number of likely N-dealkylation sites (N-methyl/N-ethyl adjacent to an activating group) is 1. The van der Waals surface area contributed by atoms with E-state index in [1.807, 2.05) is 49.3 Å². The van der Waals surface area contributed by atoms with Crippen molar-refractivity contribution in [3.8, 4) is 0 Å². The van der Waals surface area contributed by atoms with Gasteiger partial charge in [0.05, 0.1) is 0 Å². The summed E-state index contributed by atoms with van der Waals surface area (Å²) in [6, 6.07) is 0.326. The van der Waals surface area contributed by atoms with Gasteiger partial charge in [0.2, 0.25) is 47.3 Å². The molecule has 3 heterocycles. The van der Waals surface area contributed by atoms with E-state index in [1.54, 1.807) is 101 Å². The summed E-state index contributed by atoms with van der Waals surface area (Å²) in [6.45, 7) is 41.0. The van der Waals surface area contributed by atoms with Crippen LogP contribution in [0.3, 0.4) is 0 Å². The summed E-state index contributed by atoms with van der Waals surface area (Å²) in [5.41, 5.74) is 0. The van der Waals surface area contributed by atoms with Crippen LogP contribution in [0.15, 0.2) is 25.3 Å². The zero-order chi connectivity index (χ0) is 52.5. The van der Waals surface area contributed by atoms with E-state index < -0.39 is 0 Å². The van der Waals surface area contributed by atoms with Crippen molar-refractivity contribution in [2.75, 3.05) is 120 Å². The molecule has 0 atom stereocenters. The molecule has 0 aromatic carbocycles. The van der Waals surface area contributed by atoms with E-state index in [0.717, 1.165) is 72.0 Å². The van der Waals surface area contributed by atoms with E-state index in [9.17, 15) is 38.4 Å². The van der Waals surface area contributed by atoms with Crippen molar-refractivity contribution < 1.29 is 38.4 Å². The third kappa shape index (κ3) is 43.1. The summed E-state index contributed by atoms with van der Waals surface area (Å²) in [4.78, 5) is 101. The Labute approximate surface area is 402 Å². The Kier molecular flexibility index (Phi) is 46.9. The van der Waals surface area contributed by atoms with Crippen molar-refractivity contribution >= 4 is 47.3 Å². The Hall–Kier alpha value is -4.80. The summed E-state index contributed by atoms with van der Waals surface area (Å²) in [7, 11) is 9.11. The minimum atomic E-state index is 0.0554. The first-order chi connectivity index (χ1) is 30.6. The normalized spacial score (nSPS) is 13.4. The minimum absolute atomic E-state index is 0.0554. The molecule has 0 bridgehead atoms. The van der Waals surface area contributed by atoms with E-state index in [0.29, 0.717) is 19.1 Å². The Morgan fingerprint density at radius 2 is 0.788 bits per heavy atom. The van der Waals surface area contributed by atoms with Crippen LogP contribution >= 0.6 is 0 Å². The fourth-order valence-corrected chi connectivity index (χ4v) is 5.26. The number of carbonyl (C=O) groups excluding carboxylic acids is 8. The monoisotopic (exact) mass is 940 g/mol. The molecule has 0 aliphatic carbocycles. The van der Waals surface area contributed by atoms with Gasteiger partial charge in [0, 0.05) is 175 Å². The lowest BCUT2D eigenvalue weighted by atomic mass is 10.1. The maximum Gasteiger partial charge on any atom is 0.220 e. The lowest BCUT2D eigenvalue weighted by Gasteiger charge is -2.31. The third-order valence-corrected chi connectivity index (χ3v) is 10.6. The van der Waals surface area contributed by atoms with Crippen molar-refractivity contribution in [2.24, 2.45) is 0 Å². The van der Waals surface area contributed by atoms with Crippen LogP contribution < -0.4 is 0 Å². The number of piperazine rings is 1. The second kappa shape index (κ2) is 44.1. The Balaban J connectivity index is -0.000000216. The summed E-state index contributed by atoms with van der Waals surface area (Å²) >= 11 is 0. The van der Waals surface area contributed by atoms with Gasteiger partial charge >= 0.3 is 0 Å². The second-order valence-corrected chi connectivity index (χ2v) is 16.5. The molecule has 3 rings (SSSR count). The molecule has 386 valence electrons. The van der Waals surface area contributed by atoms with E-state index in [1.165, 1.54) is 50.9 Å². The standard InChI is InChI=1S/C8H13NO.C7H14N2O.C7H13NO.C6H11NO.2C6H13NO.C5H11NO.C4H9NO/c1-4-6-9(7-5-2)8(3)10;1-7(10)9-5-3-8(2)4-6-9;1-7(9)8-5-3-2-4-6-8;1-6(8)7-4-2-3-5-7;1-5(2)7(4)6(3)8;1-4-7(5-2)6(3)8;1-4-6(3)5(2)7;1-4(6)5(2)3/h4-5H,1-2,6-7H2,3H3;3-6H2,1-2H3;2-6H2,1H3;2-5H2,1H3;5H,1-4H3;4-5H2,1-3H3;4H2,1-3H3;1-3H3. The first-order valence-corrected chi connectivity index (χ1v) is 23.4. The van der Waals surface area contributed by atoms with Gasteiger partial charge in [0.1, 0.15) is 0 Å². The minimum Gasteiger partial charge on any atom is -0.349 e. The van der Waals surface area contributed by atoms with Crippen LogP contribution in [0.25, 0.3) is 0 Å². The molecule has 0 N–H and O–H groups in total. The molecule has 0 aromatic rings. The van der Waals surface area contributed by atoms with Gasteiger partial charge in [-0.2, -0.15) is 0 Å². The summed E-state index contributed by atoms with van der Waals surface area (Å²) < 4.78 is 0. The van der Waals surface area contributed by atoms with E-state index in [2.05, 4.69) is 25.1 Å². The van der Waals surface area contributed by atoms with Gasteiger partial charge < -0.3 is 44.1 Å². The van der Waals surface area contributed by atoms with Crippen molar-refractivity contribution in [2.45, 2.75) is 128 Å². The molecule has 0 saturated carbocycles. The Morgan fingerprint density at radius 3 is 0.939 bits per heavy atom. The number of hydrogen-bond donors (Lipinski definition) is 0. The van der Waals surface area contributed by atoms with E-state index in [4.69, 9.17) is 0 Å². The lowest BCUT2D eigenvalue weighted by Crippen LogP contribution is -2.46. The Bertz CT molecular complexity index is 1330. The summed E-state index contributed by atoms with van der Waals surface area (Å²) in [5, 5.41) is 0. The highest BCUT2D eigenvalue weighted by Crippen LogP contribution is 2.08. The van der Waals surface area contributed by atoms with Crippen LogP contribution in [-0.4, -0.2) is 218 Å². The van der Waals surface area contributed by atoms with Crippen LogP contribution in [0.4, 0.5) is 0 Å². The maximum absolute atomic E-state index is 10.8. The number of rotatable bonds is 8. The Morgan fingerprint density at radius 1 is 0.470 bits per heavy atom. The predicted molar refractivity (Wildman–Crippen MR) is 271 cm³/mol. The van der Waals surface area contributed by atoms with Crippen LogP contribution in [0.5, 0.6) is 0 Å². The largest absolute Gasteiger partial charge is 0.349 e. The van der Waals surface area contributed by atoms with Gasteiger partial charge in [0.25, 0.3) is 0 Å². The molecule has 3 aliphatic rings. The summed E-state index contributed by atoms with van der Waals surface area (Å²) in [6.07, 6.45) is 9.47. The maximum atomic E-state index is 10.8. The van der Waals surface area contributed by atoms with Crippen molar-refractivity contribution in [3.63, 3.8) is 0 Å². The quantitative estimate of drug-likeness (QED) is 0.306. The first kappa shape index (κ1) is 70.2. The topological polar surface area (TPSA) is 166 Å². The van der Waals surface area contributed by atoms with Gasteiger partial charge in [-0.15, -0.1) is 13.2 Å². The molecular formula is C49H97N9O8. The molecule has 17 heteroatoms. The number of piperidine rings is 1. The van der Waals surface area contributed by atoms with Crippen LogP contribution in [0, 0.1) is 0 Å². The SMILES string of the molecule is C=CCN(CC=C)C(C)=O.CC(=O)N(C)C.CC(=O)N(C)C(C)C.CC(=O)N1CCCC1.CC(=O)N1CCCCC1.CC(=O)N1CCN(C)CC1.CCN(C)C(C)=O.CCN(CC)C(C)=O. The van der Waals surface area contributed by atoms with Crippen LogP contribution in [-0.2, 0) is 38.4 Å².